The zero-order valence-corrected chi connectivity index (χ0v) is 17.3. The fourth-order valence-corrected chi connectivity index (χ4v) is 4.85. The van der Waals surface area contributed by atoms with E-state index in [1.54, 1.807) is 36.4 Å². The maximum absolute atomic E-state index is 12.3. The highest BCUT2D eigenvalue weighted by Crippen LogP contribution is 2.20. The monoisotopic (exact) mass is 503 g/mol. The number of carbonyl (C=O) groups excluding carboxylic acids is 1. The standard InChI is InChI=1S/C17H15Br2NO5S/c18-12-8-11(9-13(19)10-12)16(21)20-15(17(22)23)6-7-26(24,25)14-4-2-1-3-5-14/h1-5,8-10,15H,6-7H2,(H,20,21)(H,22,23)/t15-/m0/s1. The lowest BCUT2D eigenvalue weighted by molar-refractivity contribution is -0.139. The maximum atomic E-state index is 12.3. The number of carboxylic acid groups (broad SMARTS) is 1. The van der Waals surface area contributed by atoms with Crippen LogP contribution in [0.4, 0.5) is 0 Å². The van der Waals surface area contributed by atoms with Crippen LogP contribution < -0.4 is 5.32 Å². The van der Waals surface area contributed by atoms with E-state index in [4.69, 9.17) is 0 Å². The fourth-order valence-electron chi connectivity index (χ4n) is 2.20. The van der Waals surface area contributed by atoms with Gasteiger partial charge in [0.05, 0.1) is 10.6 Å². The molecule has 2 rings (SSSR count). The van der Waals surface area contributed by atoms with Crippen LogP contribution in [0.3, 0.4) is 0 Å². The van der Waals surface area contributed by atoms with Gasteiger partial charge in [0.2, 0.25) is 0 Å². The smallest absolute Gasteiger partial charge is 0.326 e. The SMILES string of the molecule is O=C(N[C@@H](CCS(=O)(=O)c1ccccc1)C(=O)O)c1cc(Br)cc(Br)c1. The molecule has 2 aromatic carbocycles. The first-order chi connectivity index (χ1) is 12.2. The van der Waals surface area contributed by atoms with Crippen LogP contribution in [0.15, 0.2) is 62.4 Å². The third-order valence-corrected chi connectivity index (χ3v) is 6.18. The van der Waals surface area contributed by atoms with Crippen molar-refractivity contribution in [1.29, 1.82) is 0 Å². The number of benzene rings is 2. The average molecular weight is 505 g/mol. The van der Waals surface area contributed by atoms with E-state index in [-0.39, 0.29) is 16.9 Å². The number of sulfone groups is 1. The minimum Gasteiger partial charge on any atom is -0.480 e. The molecular formula is C17H15Br2NO5S. The summed E-state index contributed by atoms with van der Waals surface area (Å²) in [5.41, 5.74) is 0.253. The van der Waals surface area contributed by atoms with Gasteiger partial charge in [-0.3, -0.25) is 4.79 Å². The Balaban J connectivity index is 2.09. The summed E-state index contributed by atoms with van der Waals surface area (Å²) in [5, 5.41) is 11.7. The predicted molar refractivity (Wildman–Crippen MR) is 104 cm³/mol. The van der Waals surface area contributed by atoms with E-state index >= 15 is 0 Å². The van der Waals surface area contributed by atoms with Crippen LogP contribution in [0.25, 0.3) is 0 Å². The molecule has 138 valence electrons. The topological polar surface area (TPSA) is 101 Å². The van der Waals surface area contributed by atoms with Crippen LogP contribution in [0.1, 0.15) is 16.8 Å². The number of nitrogens with one attached hydrogen (secondary N) is 1. The highest BCUT2D eigenvalue weighted by atomic mass is 79.9. The molecule has 9 heteroatoms. The molecule has 0 saturated heterocycles. The van der Waals surface area contributed by atoms with Gasteiger partial charge in [-0.2, -0.15) is 0 Å². The molecule has 26 heavy (non-hydrogen) atoms. The van der Waals surface area contributed by atoms with Crippen molar-refractivity contribution in [2.24, 2.45) is 0 Å². The zero-order chi connectivity index (χ0) is 19.3. The first-order valence-electron chi connectivity index (χ1n) is 7.46. The Labute approximate surface area is 167 Å². The first kappa shape index (κ1) is 20.6. The Morgan fingerprint density at radius 3 is 2.15 bits per heavy atom. The predicted octanol–water partition coefficient (Wildman–Crippen LogP) is 3.26. The highest BCUT2D eigenvalue weighted by molar-refractivity contribution is 9.11. The van der Waals surface area contributed by atoms with Crippen molar-refractivity contribution in [3.05, 3.63) is 63.0 Å². The van der Waals surface area contributed by atoms with Crippen molar-refractivity contribution in [2.45, 2.75) is 17.4 Å². The quantitative estimate of drug-likeness (QED) is 0.602. The van der Waals surface area contributed by atoms with Gasteiger partial charge in [-0.15, -0.1) is 0 Å². The van der Waals surface area contributed by atoms with Crippen LogP contribution in [-0.4, -0.2) is 37.2 Å². The number of hydrogen-bond donors (Lipinski definition) is 2. The number of carbonyl (C=O) groups is 2. The van der Waals surface area contributed by atoms with Crippen molar-refractivity contribution >= 4 is 53.6 Å². The van der Waals surface area contributed by atoms with Gasteiger partial charge in [-0.1, -0.05) is 50.1 Å². The van der Waals surface area contributed by atoms with Gasteiger partial charge in [0.25, 0.3) is 5.91 Å². The molecule has 0 bridgehead atoms. The molecule has 2 aromatic rings. The van der Waals surface area contributed by atoms with Gasteiger partial charge < -0.3 is 10.4 Å². The zero-order valence-electron chi connectivity index (χ0n) is 13.4. The number of hydrogen-bond acceptors (Lipinski definition) is 4. The van der Waals surface area contributed by atoms with Crippen LogP contribution in [-0.2, 0) is 14.6 Å². The largest absolute Gasteiger partial charge is 0.480 e. The Morgan fingerprint density at radius 2 is 1.62 bits per heavy atom. The van der Waals surface area contributed by atoms with E-state index < -0.39 is 33.5 Å². The molecule has 0 unspecified atom stereocenters. The lowest BCUT2D eigenvalue weighted by Crippen LogP contribution is -2.42. The maximum Gasteiger partial charge on any atom is 0.326 e. The summed E-state index contributed by atoms with van der Waals surface area (Å²) in [7, 11) is -3.63. The number of aliphatic carboxylic acids is 1. The van der Waals surface area contributed by atoms with E-state index in [1.165, 1.54) is 12.1 Å². The summed E-state index contributed by atoms with van der Waals surface area (Å²) < 4.78 is 25.9. The van der Waals surface area contributed by atoms with Crippen molar-refractivity contribution < 1.29 is 23.1 Å². The average Bonchev–Trinajstić information content (AvgIpc) is 2.58. The summed E-state index contributed by atoms with van der Waals surface area (Å²) in [6, 6.07) is 11.3. The molecule has 0 aliphatic heterocycles. The lowest BCUT2D eigenvalue weighted by atomic mass is 10.1. The van der Waals surface area contributed by atoms with E-state index in [1.807, 2.05) is 0 Å². The molecule has 6 nitrogen and oxygen atoms in total. The number of carboxylic acids is 1. The molecule has 0 fully saturated rings. The molecule has 0 aliphatic rings. The minimum atomic E-state index is -3.63. The second kappa shape index (κ2) is 8.79. The second-order valence-electron chi connectivity index (χ2n) is 5.44. The molecule has 0 heterocycles. The van der Waals surface area contributed by atoms with E-state index in [0.717, 1.165) is 0 Å². The molecule has 0 radical (unpaired) electrons. The summed E-state index contributed by atoms with van der Waals surface area (Å²) >= 11 is 6.51. The summed E-state index contributed by atoms with van der Waals surface area (Å²) in [6.07, 6.45) is -0.243. The molecule has 1 amide bonds. The van der Waals surface area contributed by atoms with Crippen molar-refractivity contribution in [3.63, 3.8) is 0 Å². The normalized spacial score (nSPS) is 12.4. The fraction of sp³-hybridized carbons (Fsp3) is 0.176. The van der Waals surface area contributed by atoms with Crippen molar-refractivity contribution in [1.82, 2.24) is 5.32 Å². The summed E-state index contributed by atoms with van der Waals surface area (Å²) in [4.78, 5) is 23.8. The van der Waals surface area contributed by atoms with Gasteiger partial charge in [-0.05, 0) is 36.8 Å². The molecule has 0 aliphatic carbocycles. The summed E-state index contributed by atoms with van der Waals surface area (Å²) in [6.45, 7) is 0. The van der Waals surface area contributed by atoms with Crippen LogP contribution in [0.5, 0.6) is 0 Å². The third-order valence-electron chi connectivity index (χ3n) is 3.51. The van der Waals surface area contributed by atoms with Crippen LogP contribution in [0.2, 0.25) is 0 Å². The van der Waals surface area contributed by atoms with Crippen molar-refractivity contribution in [3.8, 4) is 0 Å². The number of rotatable bonds is 7. The molecule has 1 atom stereocenters. The molecule has 0 saturated carbocycles. The van der Waals surface area contributed by atoms with Gasteiger partial charge >= 0.3 is 5.97 Å². The molecule has 0 spiro atoms. The van der Waals surface area contributed by atoms with Crippen LogP contribution in [0, 0.1) is 0 Å². The Bertz CT molecular complexity index is 896. The number of amides is 1. The van der Waals surface area contributed by atoms with Gasteiger partial charge in [-0.25, -0.2) is 13.2 Å². The summed E-state index contributed by atoms with van der Waals surface area (Å²) in [5.74, 6) is -2.29. The molecular weight excluding hydrogens is 490 g/mol. The van der Waals surface area contributed by atoms with Crippen molar-refractivity contribution in [2.75, 3.05) is 5.75 Å². The van der Waals surface area contributed by atoms with E-state index in [0.29, 0.717) is 8.95 Å². The number of halogens is 2. The molecule has 0 aromatic heterocycles. The van der Waals surface area contributed by atoms with Gasteiger partial charge in [0.15, 0.2) is 9.84 Å². The van der Waals surface area contributed by atoms with Gasteiger partial charge in [0, 0.05) is 14.5 Å². The molecule has 2 N–H and O–H groups in total. The van der Waals surface area contributed by atoms with E-state index in [2.05, 4.69) is 37.2 Å². The third kappa shape index (κ3) is 5.65. The minimum absolute atomic E-state index is 0.117. The first-order valence-corrected chi connectivity index (χ1v) is 10.7. The Morgan fingerprint density at radius 1 is 1.04 bits per heavy atom. The Kier molecular flexibility index (Phi) is 6.96. The van der Waals surface area contributed by atoms with Gasteiger partial charge in [0.1, 0.15) is 6.04 Å². The van der Waals surface area contributed by atoms with E-state index in [9.17, 15) is 23.1 Å². The lowest BCUT2D eigenvalue weighted by Gasteiger charge is -2.15. The highest BCUT2D eigenvalue weighted by Gasteiger charge is 2.24. The second-order valence-corrected chi connectivity index (χ2v) is 9.38. The Hall–Kier alpha value is -1.71. The van der Waals surface area contributed by atoms with Crippen LogP contribution >= 0.6 is 31.9 Å².